The van der Waals surface area contributed by atoms with Crippen LogP contribution < -0.4 is 13.8 Å². The average molecular weight is 804 g/mol. The van der Waals surface area contributed by atoms with Crippen molar-refractivity contribution in [1.29, 1.82) is 0 Å². The summed E-state index contributed by atoms with van der Waals surface area (Å²) >= 11 is 6.50. The van der Waals surface area contributed by atoms with E-state index in [0.717, 1.165) is 27.2 Å². The van der Waals surface area contributed by atoms with E-state index < -0.39 is 19.1 Å². The van der Waals surface area contributed by atoms with Crippen molar-refractivity contribution in [2.24, 2.45) is 0 Å². The molecule has 0 saturated carbocycles. The van der Waals surface area contributed by atoms with Gasteiger partial charge in [0.15, 0.2) is 17.4 Å². The zero-order valence-corrected chi connectivity index (χ0v) is 29.0. The summed E-state index contributed by atoms with van der Waals surface area (Å²) in [6, 6.07) is 20.4. The molecule has 6 rings (SSSR count). The number of aryl methyl sites for hydroxylation is 2. The number of ketones is 1. The number of carbonyl (C=O) groups excluding carboxylic acids is 1. The molecule has 0 atom stereocenters. The normalized spacial score (nSPS) is 13.6. The number of Topliss-reactive ketones (excluding diaryl/α,β-unsaturated/α-hetero) is 1. The van der Waals surface area contributed by atoms with E-state index >= 15 is 0 Å². The molecule has 4 heterocycles. The summed E-state index contributed by atoms with van der Waals surface area (Å²) in [5.74, 6) is 1.59. The van der Waals surface area contributed by atoms with Gasteiger partial charge in [-0.2, -0.15) is 0 Å². The summed E-state index contributed by atoms with van der Waals surface area (Å²) < 4.78 is 60.4. The molecule has 2 aliphatic heterocycles. The molecule has 2 aromatic heterocycles. The topological polar surface area (TPSA) is 133 Å². The van der Waals surface area contributed by atoms with E-state index in [-0.39, 0.29) is 36.2 Å². The number of anilines is 1. The Balaban J connectivity index is 0.000000197. The smallest absolute Gasteiger partial charge is 0.265 e. The monoisotopic (exact) mass is 801 g/mol. The quantitative estimate of drug-likeness (QED) is 0.165. The summed E-state index contributed by atoms with van der Waals surface area (Å²) in [6.07, 6.45) is 0.384. The number of fused-ring (bicyclic) bond motifs is 2. The molecule has 0 spiro atoms. The maximum absolute atomic E-state index is 12.8. The van der Waals surface area contributed by atoms with Gasteiger partial charge in [0.25, 0.3) is 19.1 Å². The van der Waals surface area contributed by atoms with Gasteiger partial charge >= 0.3 is 0 Å². The maximum Gasteiger partial charge on any atom is 0.265 e. The van der Waals surface area contributed by atoms with Crippen LogP contribution in [-0.2, 0) is 30.3 Å². The van der Waals surface area contributed by atoms with Crippen molar-refractivity contribution in [3.63, 3.8) is 0 Å². The minimum absolute atomic E-state index is 0. The van der Waals surface area contributed by atoms with E-state index in [1.54, 1.807) is 42.5 Å². The van der Waals surface area contributed by atoms with Crippen molar-refractivity contribution < 1.29 is 31.1 Å². The fourth-order valence-corrected chi connectivity index (χ4v) is 7.08. The fourth-order valence-electron chi connectivity index (χ4n) is 4.07. The fraction of sp³-hybridized carbons (Fsp3) is 0.233. The van der Waals surface area contributed by atoms with Crippen LogP contribution in [0.15, 0.2) is 91.8 Å². The Hall–Kier alpha value is -3.04. The molecule has 240 valence electrons. The number of hydrogen-bond acceptors (Lipinski definition) is 9. The number of ether oxygens (including phenoxy) is 2. The van der Waals surface area contributed by atoms with Gasteiger partial charge in [0.2, 0.25) is 0 Å². The van der Waals surface area contributed by atoms with Crippen LogP contribution in [-0.4, -0.2) is 52.3 Å². The highest BCUT2D eigenvalue weighted by atomic mass is 79.9. The summed E-state index contributed by atoms with van der Waals surface area (Å²) in [5, 5.41) is 0. The lowest BCUT2D eigenvalue weighted by molar-refractivity contribution is -0.121. The number of hydrogen-bond donors (Lipinski definition) is 0. The minimum Gasteiger partial charge on any atom is -0.488 e. The van der Waals surface area contributed by atoms with Crippen molar-refractivity contribution in [3.8, 4) is 11.5 Å². The lowest BCUT2D eigenvalue weighted by atomic mass is 10.1. The van der Waals surface area contributed by atoms with Gasteiger partial charge in [-0.3, -0.25) is 4.79 Å². The van der Waals surface area contributed by atoms with Gasteiger partial charge in [-0.1, -0.05) is 31.7 Å². The summed E-state index contributed by atoms with van der Waals surface area (Å²) in [7, 11) is -2.10. The number of rotatable bonds is 3. The standard InChI is InChI=1S/C14H13BrN2O3S.C8H6BrNO2.C7H7ClO2S.CH4/c1-10-3-2-4-11(9-10)21(18,19)17-7-8-20-12-5-6-13(15)16-14(12)17;9-8-2-1-7-6(10-8)3-5(11)4-12-7;1-6-3-2-4-7(5-6)11(8,9)10;/h2-6,9H,7-8H2,1H3;1-2H,3-4H2;2-5H,1H3;1H4. The number of sulfonamides is 1. The molecule has 2 aromatic carbocycles. The molecule has 0 N–H and O–H groups in total. The molecule has 0 saturated heterocycles. The number of halogens is 3. The number of nitrogens with zero attached hydrogens (tertiary/aromatic N) is 3. The molecule has 4 aromatic rings. The van der Waals surface area contributed by atoms with Crippen molar-refractivity contribution in [3.05, 3.63) is 98.8 Å². The van der Waals surface area contributed by atoms with Crippen LogP contribution in [0.5, 0.6) is 11.5 Å². The number of benzene rings is 2. The van der Waals surface area contributed by atoms with Crippen LogP contribution in [0.1, 0.15) is 24.2 Å². The molecule has 0 bridgehead atoms. The lowest BCUT2D eigenvalue weighted by Gasteiger charge is -2.29. The Morgan fingerprint density at radius 3 is 1.98 bits per heavy atom. The lowest BCUT2D eigenvalue weighted by Crippen LogP contribution is -2.38. The average Bonchev–Trinajstić information content (AvgIpc) is 2.97. The van der Waals surface area contributed by atoms with Gasteiger partial charge in [-0.15, -0.1) is 0 Å². The molecule has 10 nitrogen and oxygen atoms in total. The van der Waals surface area contributed by atoms with Gasteiger partial charge < -0.3 is 9.47 Å². The Morgan fingerprint density at radius 1 is 0.800 bits per heavy atom. The van der Waals surface area contributed by atoms with Crippen LogP contribution in [0.2, 0.25) is 0 Å². The highest BCUT2D eigenvalue weighted by Crippen LogP contribution is 2.34. The predicted molar refractivity (Wildman–Crippen MR) is 180 cm³/mol. The molecule has 0 radical (unpaired) electrons. The third-order valence-electron chi connectivity index (χ3n) is 6.09. The van der Waals surface area contributed by atoms with Crippen molar-refractivity contribution >= 4 is 73.2 Å². The van der Waals surface area contributed by atoms with Crippen LogP contribution in [0.25, 0.3) is 0 Å². The zero-order chi connectivity index (χ0) is 32.1. The van der Waals surface area contributed by atoms with Crippen molar-refractivity contribution in [2.45, 2.75) is 37.5 Å². The molecule has 0 aliphatic carbocycles. The van der Waals surface area contributed by atoms with Gasteiger partial charge in [0.05, 0.1) is 28.5 Å². The zero-order valence-electron chi connectivity index (χ0n) is 23.4. The van der Waals surface area contributed by atoms with Crippen LogP contribution in [0, 0.1) is 13.8 Å². The van der Waals surface area contributed by atoms with Gasteiger partial charge in [0.1, 0.15) is 28.2 Å². The SMILES string of the molecule is C.Cc1cccc(S(=O)(=O)Cl)c1.Cc1cccc(S(=O)(=O)N2CCOc3ccc(Br)nc32)c1.O=C1COc2ccc(Br)nc2C1. The van der Waals surface area contributed by atoms with E-state index in [9.17, 15) is 21.6 Å². The Labute approximate surface area is 284 Å². The first-order valence-electron chi connectivity index (χ1n) is 12.9. The summed E-state index contributed by atoms with van der Waals surface area (Å²) in [6.45, 7) is 4.40. The Bertz CT molecular complexity index is 1910. The van der Waals surface area contributed by atoms with Crippen molar-refractivity contribution in [2.75, 3.05) is 24.1 Å². The van der Waals surface area contributed by atoms with Gasteiger partial charge in [-0.05, 0) is 105 Å². The molecular formula is C30H30Br2ClN3O7S2. The second-order valence-electron chi connectivity index (χ2n) is 9.54. The number of aromatic nitrogens is 2. The van der Waals surface area contributed by atoms with E-state index in [1.165, 1.54) is 16.4 Å². The van der Waals surface area contributed by atoms with Gasteiger partial charge in [-0.25, -0.2) is 31.1 Å². The third-order valence-corrected chi connectivity index (χ3v) is 10.1. The van der Waals surface area contributed by atoms with Crippen molar-refractivity contribution in [1.82, 2.24) is 9.97 Å². The first-order valence-corrected chi connectivity index (χ1v) is 18.3. The first kappa shape index (κ1) is 36.4. The van der Waals surface area contributed by atoms with E-state index in [1.807, 2.05) is 32.0 Å². The van der Waals surface area contributed by atoms with Crippen LogP contribution in [0.3, 0.4) is 0 Å². The summed E-state index contributed by atoms with van der Waals surface area (Å²) in [5.41, 5.74) is 2.50. The van der Waals surface area contributed by atoms with Crippen LogP contribution in [0.4, 0.5) is 5.82 Å². The molecule has 2 aliphatic rings. The molecule has 0 unspecified atom stereocenters. The molecule has 45 heavy (non-hydrogen) atoms. The maximum atomic E-state index is 12.8. The molecule has 15 heteroatoms. The first-order chi connectivity index (χ1) is 20.7. The second-order valence-corrected chi connectivity index (χ2v) is 15.6. The highest BCUT2D eigenvalue weighted by molar-refractivity contribution is 9.10. The van der Waals surface area contributed by atoms with Gasteiger partial charge in [0, 0.05) is 10.7 Å². The minimum atomic E-state index is -3.64. The highest BCUT2D eigenvalue weighted by Gasteiger charge is 2.31. The number of carbonyl (C=O) groups is 1. The predicted octanol–water partition coefficient (Wildman–Crippen LogP) is 6.65. The van der Waals surface area contributed by atoms with E-state index in [2.05, 4.69) is 41.8 Å². The Morgan fingerprint density at radius 2 is 1.38 bits per heavy atom. The van der Waals surface area contributed by atoms with E-state index in [4.69, 9.17) is 20.2 Å². The Kier molecular flexibility index (Phi) is 12.5. The summed E-state index contributed by atoms with van der Waals surface area (Å²) in [4.78, 5) is 19.8. The molecular weight excluding hydrogens is 774 g/mol. The largest absolute Gasteiger partial charge is 0.488 e. The second kappa shape index (κ2) is 15.5. The van der Waals surface area contributed by atoms with Crippen LogP contribution >= 0.6 is 42.5 Å². The van der Waals surface area contributed by atoms with E-state index in [0.29, 0.717) is 29.2 Å². The third kappa shape index (κ3) is 9.72. The molecule has 0 fully saturated rings. The molecule has 0 amide bonds. The number of pyridine rings is 2.